The van der Waals surface area contributed by atoms with Gasteiger partial charge in [-0.25, -0.2) is 4.98 Å². The van der Waals surface area contributed by atoms with E-state index in [0.29, 0.717) is 0 Å². The fourth-order valence-corrected chi connectivity index (χ4v) is 2.12. The predicted octanol–water partition coefficient (Wildman–Crippen LogP) is 3.79. The zero-order chi connectivity index (χ0) is 12.5. The third-order valence-corrected chi connectivity index (χ3v) is 3.07. The minimum absolute atomic E-state index is 0.780. The van der Waals surface area contributed by atoms with Gasteiger partial charge in [0.05, 0.1) is 11.2 Å². The number of benzene rings is 2. The van der Waals surface area contributed by atoms with Gasteiger partial charge in [-0.3, -0.25) is 0 Å². The molecule has 0 amide bonds. The lowest BCUT2D eigenvalue weighted by Gasteiger charge is -2.07. The second kappa shape index (κ2) is 4.15. The summed E-state index contributed by atoms with van der Waals surface area (Å²) < 4.78 is 0. The fraction of sp³-hybridized carbons (Fsp3) is 0.0625. The van der Waals surface area contributed by atoms with Crippen molar-refractivity contribution in [3.8, 4) is 11.3 Å². The van der Waals surface area contributed by atoms with E-state index in [1.54, 1.807) is 0 Å². The maximum atomic E-state index is 6.12. The summed E-state index contributed by atoms with van der Waals surface area (Å²) in [6, 6.07) is 18.2. The van der Waals surface area contributed by atoms with Crippen molar-refractivity contribution in [2.45, 2.75) is 6.92 Å². The summed E-state index contributed by atoms with van der Waals surface area (Å²) in [4.78, 5) is 4.67. The van der Waals surface area contributed by atoms with Gasteiger partial charge in [-0.1, -0.05) is 42.0 Å². The Morgan fingerprint density at radius 2 is 1.72 bits per heavy atom. The number of aryl methyl sites for hydroxylation is 1. The highest BCUT2D eigenvalue weighted by Gasteiger charge is 2.05. The first-order chi connectivity index (χ1) is 8.74. The molecule has 1 heterocycles. The summed E-state index contributed by atoms with van der Waals surface area (Å²) in [5.41, 5.74) is 11.1. The Morgan fingerprint density at radius 3 is 2.50 bits per heavy atom. The first kappa shape index (κ1) is 10.8. The normalized spacial score (nSPS) is 10.7. The van der Waals surface area contributed by atoms with Crippen molar-refractivity contribution in [2.24, 2.45) is 0 Å². The monoisotopic (exact) mass is 234 g/mol. The molecule has 0 saturated carbocycles. The zero-order valence-corrected chi connectivity index (χ0v) is 10.2. The van der Waals surface area contributed by atoms with Crippen LogP contribution in [0.1, 0.15) is 5.56 Å². The van der Waals surface area contributed by atoms with Gasteiger partial charge in [0, 0.05) is 16.6 Å². The molecule has 0 atom stereocenters. The predicted molar refractivity (Wildman–Crippen MR) is 76.3 cm³/mol. The SMILES string of the molecule is Cc1ccc2nc(-c3ccccc3)cc(N)c2c1. The van der Waals surface area contributed by atoms with E-state index in [9.17, 15) is 0 Å². The lowest BCUT2D eigenvalue weighted by Crippen LogP contribution is -1.93. The average molecular weight is 234 g/mol. The Labute approximate surface area is 106 Å². The number of hydrogen-bond donors (Lipinski definition) is 1. The van der Waals surface area contributed by atoms with Crippen molar-refractivity contribution in [3.63, 3.8) is 0 Å². The van der Waals surface area contributed by atoms with Crippen LogP contribution in [0.4, 0.5) is 5.69 Å². The lowest BCUT2D eigenvalue weighted by atomic mass is 10.1. The van der Waals surface area contributed by atoms with Gasteiger partial charge in [0.15, 0.2) is 0 Å². The first-order valence-corrected chi connectivity index (χ1v) is 5.96. The number of aromatic nitrogens is 1. The minimum atomic E-state index is 0.780. The Hall–Kier alpha value is -2.35. The third kappa shape index (κ3) is 1.82. The maximum Gasteiger partial charge on any atom is 0.0730 e. The molecule has 0 bridgehead atoms. The van der Waals surface area contributed by atoms with Crippen molar-refractivity contribution in [1.29, 1.82) is 0 Å². The highest BCUT2D eigenvalue weighted by atomic mass is 14.7. The molecule has 3 rings (SSSR count). The standard InChI is InChI=1S/C16H14N2/c1-11-7-8-15-13(9-11)14(17)10-16(18-15)12-5-3-2-4-6-12/h2-10H,1H3,(H2,17,18). The van der Waals surface area contributed by atoms with Gasteiger partial charge in [-0.2, -0.15) is 0 Å². The van der Waals surface area contributed by atoms with E-state index in [1.807, 2.05) is 42.5 Å². The van der Waals surface area contributed by atoms with Crippen LogP contribution in [-0.4, -0.2) is 4.98 Å². The number of hydrogen-bond acceptors (Lipinski definition) is 2. The molecule has 2 heteroatoms. The van der Waals surface area contributed by atoms with Crippen molar-refractivity contribution in [1.82, 2.24) is 4.98 Å². The van der Waals surface area contributed by atoms with Crippen LogP contribution >= 0.6 is 0 Å². The van der Waals surface area contributed by atoms with E-state index >= 15 is 0 Å². The quantitative estimate of drug-likeness (QED) is 0.695. The van der Waals surface area contributed by atoms with Crippen LogP contribution in [-0.2, 0) is 0 Å². The van der Waals surface area contributed by atoms with Gasteiger partial charge in [-0.15, -0.1) is 0 Å². The second-order valence-corrected chi connectivity index (χ2v) is 4.48. The largest absolute Gasteiger partial charge is 0.398 e. The molecule has 1 aromatic heterocycles. The van der Waals surface area contributed by atoms with Crippen molar-refractivity contribution < 1.29 is 0 Å². The average Bonchev–Trinajstić information content (AvgIpc) is 2.40. The number of nitrogens with zero attached hydrogens (tertiary/aromatic N) is 1. The molecule has 2 N–H and O–H groups in total. The number of anilines is 1. The molecule has 2 nitrogen and oxygen atoms in total. The highest BCUT2D eigenvalue weighted by molar-refractivity contribution is 5.93. The van der Waals surface area contributed by atoms with Crippen LogP contribution in [0.5, 0.6) is 0 Å². The molecule has 0 fully saturated rings. The van der Waals surface area contributed by atoms with Gasteiger partial charge in [-0.05, 0) is 25.1 Å². The number of nitrogen functional groups attached to an aromatic ring is 1. The molecule has 0 spiro atoms. The molecule has 3 aromatic rings. The Balaban J connectivity index is 2.25. The van der Waals surface area contributed by atoms with Crippen molar-refractivity contribution >= 4 is 16.6 Å². The smallest absolute Gasteiger partial charge is 0.0730 e. The second-order valence-electron chi connectivity index (χ2n) is 4.48. The Morgan fingerprint density at radius 1 is 0.944 bits per heavy atom. The Kier molecular flexibility index (Phi) is 2.49. The summed E-state index contributed by atoms with van der Waals surface area (Å²) in [5.74, 6) is 0. The van der Waals surface area contributed by atoms with E-state index in [1.165, 1.54) is 5.56 Å². The molecule has 0 aliphatic heterocycles. The van der Waals surface area contributed by atoms with Gasteiger partial charge in [0.2, 0.25) is 0 Å². The molecular weight excluding hydrogens is 220 g/mol. The number of fused-ring (bicyclic) bond motifs is 1. The molecular formula is C16H14N2. The molecule has 0 radical (unpaired) electrons. The van der Waals surface area contributed by atoms with E-state index in [4.69, 9.17) is 5.73 Å². The minimum Gasteiger partial charge on any atom is -0.398 e. The van der Waals surface area contributed by atoms with E-state index < -0.39 is 0 Å². The van der Waals surface area contributed by atoms with Crippen molar-refractivity contribution in [3.05, 3.63) is 60.2 Å². The molecule has 0 aliphatic carbocycles. The summed E-state index contributed by atoms with van der Waals surface area (Å²) in [5, 5.41) is 1.02. The topological polar surface area (TPSA) is 38.9 Å². The van der Waals surface area contributed by atoms with E-state index in [0.717, 1.165) is 27.8 Å². The van der Waals surface area contributed by atoms with E-state index in [-0.39, 0.29) is 0 Å². The molecule has 0 saturated heterocycles. The van der Waals surface area contributed by atoms with Crippen LogP contribution in [0.25, 0.3) is 22.2 Å². The fourth-order valence-electron chi connectivity index (χ4n) is 2.12. The number of nitrogens with two attached hydrogens (primary N) is 1. The molecule has 88 valence electrons. The summed E-state index contributed by atoms with van der Waals surface area (Å²) in [7, 11) is 0. The van der Waals surface area contributed by atoms with Gasteiger partial charge in [0.1, 0.15) is 0 Å². The van der Waals surface area contributed by atoms with Crippen LogP contribution in [0, 0.1) is 6.92 Å². The summed E-state index contributed by atoms with van der Waals surface area (Å²) >= 11 is 0. The zero-order valence-electron chi connectivity index (χ0n) is 10.2. The van der Waals surface area contributed by atoms with Crippen LogP contribution in [0.3, 0.4) is 0 Å². The highest BCUT2D eigenvalue weighted by Crippen LogP contribution is 2.26. The Bertz CT molecular complexity index is 703. The number of pyridine rings is 1. The lowest BCUT2D eigenvalue weighted by molar-refractivity contribution is 1.38. The first-order valence-electron chi connectivity index (χ1n) is 5.96. The van der Waals surface area contributed by atoms with Crippen molar-refractivity contribution in [2.75, 3.05) is 5.73 Å². The molecule has 0 aliphatic rings. The van der Waals surface area contributed by atoms with E-state index in [2.05, 4.69) is 24.0 Å². The van der Waals surface area contributed by atoms with Gasteiger partial charge >= 0.3 is 0 Å². The third-order valence-electron chi connectivity index (χ3n) is 3.07. The molecule has 18 heavy (non-hydrogen) atoms. The number of rotatable bonds is 1. The van der Waals surface area contributed by atoms with Crippen LogP contribution in [0.2, 0.25) is 0 Å². The maximum absolute atomic E-state index is 6.12. The van der Waals surface area contributed by atoms with Crippen LogP contribution in [0.15, 0.2) is 54.6 Å². The molecule has 2 aromatic carbocycles. The van der Waals surface area contributed by atoms with Gasteiger partial charge < -0.3 is 5.73 Å². The van der Waals surface area contributed by atoms with Crippen LogP contribution < -0.4 is 5.73 Å². The summed E-state index contributed by atoms with van der Waals surface area (Å²) in [6.07, 6.45) is 0. The van der Waals surface area contributed by atoms with Gasteiger partial charge in [0.25, 0.3) is 0 Å². The summed E-state index contributed by atoms with van der Waals surface area (Å²) in [6.45, 7) is 2.06. The molecule has 0 unspecified atom stereocenters.